The highest BCUT2D eigenvalue weighted by Crippen LogP contribution is 2.30. The van der Waals surface area contributed by atoms with Crippen LogP contribution in [0.2, 0.25) is 0 Å². The van der Waals surface area contributed by atoms with Crippen molar-refractivity contribution in [2.24, 2.45) is 5.73 Å². The van der Waals surface area contributed by atoms with Crippen LogP contribution >= 0.6 is 0 Å². The molecule has 2 aromatic rings. The van der Waals surface area contributed by atoms with E-state index in [-0.39, 0.29) is 6.10 Å². The summed E-state index contributed by atoms with van der Waals surface area (Å²) in [7, 11) is 0. The molecular formula is C15H19N3O. The molecule has 4 heteroatoms. The number of pyridine rings is 1. The number of fused-ring (bicyclic) bond motifs is 1. The monoisotopic (exact) mass is 257 g/mol. The molecular weight excluding hydrogens is 238 g/mol. The summed E-state index contributed by atoms with van der Waals surface area (Å²) in [6.07, 6.45) is 2.16. The number of hydrogen-bond acceptors (Lipinski definition) is 4. The highest BCUT2D eigenvalue weighted by atomic mass is 16.5. The lowest BCUT2D eigenvalue weighted by Crippen LogP contribution is -2.41. The first-order chi connectivity index (χ1) is 9.29. The lowest BCUT2D eigenvalue weighted by molar-refractivity contribution is 0.0532. The molecule has 0 aliphatic carbocycles. The second kappa shape index (κ2) is 5.15. The number of rotatable bonds is 2. The van der Waals surface area contributed by atoms with Crippen LogP contribution in [0, 0.1) is 0 Å². The molecule has 1 saturated heterocycles. The number of nitrogens with two attached hydrogens (primary N) is 1. The van der Waals surface area contributed by atoms with Gasteiger partial charge < -0.3 is 15.4 Å². The molecule has 19 heavy (non-hydrogen) atoms. The summed E-state index contributed by atoms with van der Waals surface area (Å²) in [6, 6.07) is 8.24. The summed E-state index contributed by atoms with van der Waals surface area (Å²) >= 11 is 0. The molecule has 0 bridgehead atoms. The van der Waals surface area contributed by atoms with Crippen molar-refractivity contribution in [3.8, 4) is 0 Å². The molecule has 1 aromatic carbocycles. The first kappa shape index (κ1) is 12.4. The Kier molecular flexibility index (Phi) is 3.36. The van der Waals surface area contributed by atoms with Crippen LogP contribution in [0.5, 0.6) is 0 Å². The van der Waals surface area contributed by atoms with Crippen LogP contribution in [0.1, 0.15) is 12.5 Å². The summed E-state index contributed by atoms with van der Waals surface area (Å²) in [5.41, 5.74) is 9.24. The van der Waals surface area contributed by atoms with Gasteiger partial charge in [-0.25, -0.2) is 0 Å². The Labute approximate surface area is 113 Å². The lowest BCUT2D eigenvalue weighted by Gasteiger charge is -2.34. The molecule has 1 aromatic heterocycles. The third-order valence-electron chi connectivity index (χ3n) is 3.60. The topological polar surface area (TPSA) is 51.4 Å². The molecule has 0 saturated carbocycles. The maximum Gasteiger partial charge on any atom is 0.0723 e. The van der Waals surface area contributed by atoms with Gasteiger partial charge in [0, 0.05) is 36.8 Å². The average molecular weight is 257 g/mol. The van der Waals surface area contributed by atoms with E-state index in [9.17, 15) is 0 Å². The van der Waals surface area contributed by atoms with E-state index in [2.05, 4.69) is 28.9 Å². The van der Waals surface area contributed by atoms with Gasteiger partial charge in [-0.15, -0.1) is 0 Å². The predicted octanol–water partition coefficient (Wildman–Crippen LogP) is 1.92. The van der Waals surface area contributed by atoms with Gasteiger partial charge in [0.15, 0.2) is 0 Å². The fourth-order valence-electron chi connectivity index (χ4n) is 2.71. The van der Waals surface area contributed by atoms with Crippen molar-refractivity contribution in [2.75, 3.05) is 24.6 Å². The number of hydrogen-bond donors (Lipinski definition) is 1. The van der Waals surface area contributed by atoms with Crippen LogP contribution in [0.15, 0.2) is 30.5 Å². The summed E-state index contributed by atoms with van der Waals surface area (Å²) in [4.78, 5) is 6.86. The average Bonchev–Trinajstić information content (AvgIpc) is 2.46. The third-order valence-corrected chi connectivity index (χ3v) is 3.60. The molecule has 3 rings (SSSR count). The van der Waals surface area contributed by atoms with Crippen molar-refractivity contribution in [3.05, 3.63) is 36.0 Å². The van der Waals surface area contributed by atoms with Gasteiger partial charge in [0.25, 0.3) is 0 Å². The number of benzene rings is 1. The Morgan fingerprint density at radius 2 is 2.26 bits per heavy atom. The minimum absolute atomic E-state index is 0.256. The molecule has 1 unspecified atom stereocenters. The highest BCUT2D eigenvalue weighted by molar-refractivity contribution is 5.93. The van der Waals surface area contributed by atoms with E-state index >= 15 is 0 Å². The van der Waals surface area contributed by atoms with Gasteiger partial charge in [0.2, 0.25) is 0 Å². The molecule has 0 radical (unpaired) electrons. The largest absolute Gasteiger partial charge is 0.375 e. The van der Waals surface area contributed by atoms with Crippen molar-refractivity contribution in [2.45, 2.75) is 19.6 Å². The number of nitrogens with zero attached hydrogens (tertiary/aromatic N) is 2. The zero-order valence-corrected chi connectivity index (χ0v) is 11.2. The van der Waals surface area contributed by atoms with E-state index in [1.807, 2.05) is 18.3 Å². The van der Waals surface area contributed by atoms with Crippen LogP contribution in [0.4, 0.5) is 5.69 Å². The Morgan fingerprint density at radius 3 is 3.05 bits per heavy atom. The second-order valence-corrected chi connectivity index (χ2v) is 4.98. The molecule has 1 atom stereocenters. The van der Waals surface area contributed by atoms with Crippen LogP contribution in [0.3, 0.4) is 0 Å². The number of aromatic nitrogens is 1. The fraction of sp³-hybridized carbons (Fsp3) is 0.400. The number of ether oxygens (including phenoxy) is 1. The number of para-hydroxylation sites is 1. The summed E-state index contributed by atoms with van der Waals surface area (Å²) in [5.74, 6) is 0. The Bertz CT molecular complexity index is 585. The van der Waals surface area contributed by atoms with Crippen molar-refractivity contribution in [3.63, 3.8) is 0 Å². The van der Waals surface area contributed by atoms with Crippen molar-refractivity contribution < 1.29 is 4.74 Å². The molecule has 0 spiro atoms. The van der Waals surface area contributed by atoms with Crippen molar-refractivity contribution in [1.82, 2.24) is 4.98 Å². The zero-order chi connectivity index (χ0) is 13.2. The molecule has 0 amide bonds. The van der Waals surface area contributed by atoms with Gasteiger partial charge in [-0.2, -0.15) is 0 Å². The van der Waals surface area contributed by atoms with E-state index in [0.717, 1.165) is 30.8 Å². The smallest absolute Gasteiger partial charge is 0.0723 e. The van der Waals surface area contributed by atoms with Crippen LogP contribution in [-0.4, -0.2) is 30.8 Å². The first-order valence-electron chi connectivity index (χ1n) is 6.73. The summed E-state index contributed by atoms with van der Waals surface area (Å²) in [5, 5.41) is 1.18. The van der Waals surface area contributed by atoms with Gasteiger partial charge in [-0.05, 0) is 13.0 Å². The van der Waals surface area contributed by atoms with Crippen molar-refractivity contribution >= 4 is 16.6 Å². The Morgan fingerprint density at radius 1 is 1.42 bits per heavy atom. The normalized spacial score (nSPS) is 19.9. The van der Waals surface area contributed by atoms with E-state index in [0.29, 0.717) is 6.54 Å². The lowest BCUT2D eigenvalue weighted by atomic mass is 10.1. The van der Waals surface area contributed by atoms with Crippen LogP contribution < -0.4 is 10.6 Å². The fourth-order valence-corrected chi connectivity index (χ4v) is 2.71. The van der Waals surface area contributed by atoms with Gasteiger partial charge in [-0.3, -0.25) is 4.98 Å². The standard InChI is InChI=1S/C15H19N3O/c1-11-10-18(6-7-19-11)15-12(8-16)9-17-14-5-3-2-4-13(14)15/h2-5,9,11H,6-8,10,16H2,1H3. The molecule has 1 aliphatic heterocycles. The molecule has 1 aliphatic rings. The van der Waals surface area contributed by atoms with Gasteiger partial charge in [-0.1, -0.05) is 18.2 Å². The quantitative estimate of drug-likeness (QED) is 0.893. The maximum absolute atomic E-state index is 5.89. The van der Waals surface area contributed by atoms with Gasteiger partial charge in [0.05, 0.1) is 23.9 Å². The van der Waals surface area contributed by atoms with Crippen LogP contribution in [-0.2, 0) is 11.3 Å². The SMILES string of the molecule is CC1CN(c2c(CN)cnc3ccccc23)CCO1. The van der Waals surface area contributed by atoms with E-state index in [4.69, 9.17) is 10.5 Å². The second-order valence-electron chi connectivity index (χ2n) is 4.98. The van der Waals surface area contributed by atoms with E-state index in [1.165, 1.54) is 11.1 Å². The maximum atomic E-state index is 5.89. The first-order valence-corrected chi connectivity index (χ1v) is 6.73. The zero-order valence-electron chi connectivity index (χ0n) is 11.2. The highest BCUT2D eigenvalue weighted by Gasteiger charge is 2.21. The van der Waals surface area contributed by atoms with Crippen molar-refractivity contribution in [1.29, 1.82) is 0 Å². The summed E-state index contributed by atoms with van der Waals surface area (Å²) in [6.45, 7) is 5.20. The Hall–Kier alpha value is -1.65. The number of morpholine rings is 1. The molecule has 2 heterocycles. The minimum atomic E-state index is 0.256. The third kappa shape index (κ3) is 2.29. The molecule has 2 N–H and O–H groups in total. The van der Waals surface area contributed by atoms with E-state index < -0.39 is 0 Å². The molecule has 1 fully saturated rings. The predicted molar refractivity (Wildman–Crippen MR) is 77.3 cm³/mol. The minimum Gasteiger partial charge on any atom is -0.375 e. The van der Waals surface area contributed by atoms with Gasteiger partial charge in [0.1, 0.15) is 0 Å². The number of anilines is 1. The summed E-state index contributed by atoms with van der Waals surface area (Å²) < 4.78 is 5.63. The van der Waals surface area contributed by atoms with Gasteiger partial charge >= 0.3 is 0 Å². The van der Waals surface area contributed by atoms with Crippen LogP contribution in [0.25, 0.3) is 10.9 Å². The molecule has 4 nitrogen and oxygen atoms in total. The molecule has 100 valence electrons. The Balaban J connectivity index is 2.13. The van der Waals surface area contributed by atoms with E-state index in [1.54, 1.807) is 0 Å².